The van der Waals surface area contributed by atoms with E-state index in [0.717, 1.165) is 0 Å². The van der Waals surface area contributed by atoms with Crippen LogP contribution in [-0.4, -0.2) is 47.4 Å². The molecule has 0 aromatic carbocycles. The van der Waals surface area contributed by atoms with E-state index in [-0.39, 0.29) is 29.9 Å². The molecule has 0 aromatic rings. The standard InChI is InChI=1S/C17H30N2O4/c1-11(2)10-13(20)18-14(17(4,5)6)15(21)19(7)9-8-12(3)16(22)23/h8,11,14H,9-10H2,1-7H3,(H,18,20)(H,22,23)/b12-8+. The summed E-state index contributed by atoms with van der Waals surface area (Å²) in [5.41, 5.74) is -0.260. The molecule has 0 aliphatic carbocycles. The molecule has 0 bridgehead atoms. The molecule has 1 unspecified atom stereocenters. The van der Waals surface area contributed by atoms with Gasteiger partial charge in [-0.1, -0.05) is 40.7 Å². The summed E-state index contributed by atoms with van der Waals surface area (Å²) in [4.78, 5) is 36.9. The summed E-state index contributed by atoms with van der Waals surface area (Å²) >= 11 is 0. The van der Waals surface area contributed by atoms with Gasteiger partial charge in [0.2, 0.25) is 11.8 Å². The normalized spacial score (nSPS) is 13.7. The van der Waals surface area contributed by atoms with Gasteiger partial charge in [-0.15, -0.1) is 0 Å². The van der Waals surface area contributed by atoms with Crippen LogP contribution in [0, 0.1) is 11.3 Å². The van der Waals surface area contributed by atoms with Crippen molar-refractivity contribution in [2.75, 3.05) is 13.6 Å². The van der Waals surface area contributed by atoms with Crippen molar-refractivity contribution in [1.82, 2.24) is 10.2 Å². The fraction of sp³-hybridized carbons (Fsp3) is 0.706. The van der Waals surface area contributed by atoms with Crippen LogP contribution in [0.4, 0.5) is 0 Å². The Morgan fingerprint density at radius 2 is 1.74 bits per heavy atom. The second-order valence-corrected chi connectivity index (χ2v) is 7.38. The van der Waals surface area contributed by atoms with Crippen molar-refractivity contribution in [2.45, 2.75) is 54.0 Å². The number of carbonyl (C=O) groups is 3. The Morgan fingerprint density at radius 3 is 2.13 bits per heavy atom. The summed E-state index contributed by atoms with van der Waals surface area (Å²) in [6.45, 7) is 11.2. The van der Waals surface area contributed by atoms with E-state index in [1.54, 1.807) is 7.05 Å². The maximum Gasteiger partial charge on any atom is 0.331 e. The average molecular weight is 326 g/mol. The predicted octanol–water partition coefficient (Wildman–Crippen LogP) is 2.05. The highest BCUT2D eigenvalue weighted by molar-refractivity contribution is 5.89. The van der Waals surface area contributed by atoms with Crippen LogP contribution in [0.5, 0.6) is 0 Å². The first-order chi connectivity index (χ1) is 10.4. The molecule has 0 aromatic heterocycles. The third-order valence-electron chi connectivity index (χ3n) is 3.40. The highest BCUT2D eigenvalue weighted by Gasteiger charge is 2.34. The van der Waals surface area contributed by atoms with E-state index in [9.17, 15) is 14.4 Å². The van der Waals surface area contributed by atoms with Crippen molar-refractivity contribution in [3.63, 3.8) is 0 Å². The summed E-state index contributed by atoms with van der Waals surface area (Å²) in [5.74, 6) is -1.18. The van der Waals surface area contributed by atoms with Crippen molar-refractivity contribution < 1.29 is 19.5 Å². The molecule has 6 heteroatoms. The smallest absolute Gasteiger partial charge is 0.331 e. The Morgan fingerprint density at radius 1 is 1.22 bits per heavy atom. The topological polar surface area (TPSA) is 86.7 Å². The summed E-state index contributed by atoms with van der Waals surface area (Å²) in [5, 5.41) is 11.7. The molecule has 0 saturated heterocycles. The van der Waals surface area contributed by atoms with Crippen molar-refractivity contribution >= 4 is 17.8 Å². The van der Waals surface area contributed by atoms with E-state index in [2.05, 4.69) is 5.32 Å². The highest BCUT2D eigenvalue weighted by atomic mass is 16.4. The van der Waals surface area contributed by atoms with Gasteiger partial charge in [0, 0.05) is 25.6 Å². The Bertz CT molecular complexity index is 475. The third kappa shape index (κ3) is 7.81. The van der Waals surface area contributed by atoms with Crippen molar-refractivity contribution in [1.29, 1.82) is 0 Å². The lowest BCUT2D eigenvalue weighted by Gasteiger charge is -2.33. The van der Waals surface area contributed by atoms with Crippen LogP contribution in [-0.2, 0) is 14.4 Å². The molecule has 132 valence electrons. The van der Waals surface area contributed by atoms with Crippen LogP contribution in [0.3, 0.4) is 0 Å². The zero-order chi connectivity index (χ0) is 18.4. The number of hydrogen-bond donors (Lipinski definition) is 2. The van der Waals surface area contributed by atoms with Crippen molar-refractivity contribution in [3.05, 3.63) is 11.6 Å². The Balaban J connectivity index is 5.05. The number of carboxylic acids is 1. The average Bonchev–Trinajstić information content (AvgIpc) is 2.38. The number of carboxylic acid groups (broad SMARTS) is 1. The van der Waals surface area contributed by atoms with Crippen LogP contribution in [0.2, 0.25) is 0 Å². The van der Waals surface area contributed by atoms with Crippen LogP contribution in [0.25, 0.3) is 0 Å². The third-order valence-corrected chi connectivity index (χ3v) is 3.40. The first-order valence-electron chi connectivity index (χ1n) is 7.80. The van der Waals surface area contributed by atoms with E-state index in [1.807, 2.05) is 34.6 Å². The fourth-order valence-corrected chi connectivity index (χ4v) is 1.91. The maximum absolute atomic E-state index is 12.6. The van der Waals surface area contributed by atoms with Crippen LogP contribution >= 0.6 is 0 Å². The van der Waals surface area contributed by atoms with Crippen molar-refractivity contribution in [2.24, 2.45) is 11.3 Å². The molecular weight excluding hydrogens is 296 g/mol. The number of likely N-dealkylation sites (N-methyl/N-ethyl adjacent to an activating group) is 1. The fourth-order valence-electron chi connectivity index (χ4n) is 1.91. The van der Waals surface area contributed by atoms with Gasteiger partial charge in [-0.2, -0.15) is 0 Å². The minimum atomic E-state index is -1.01. The number of aliphatic carboxylic acids is 1. The van der Waals surface area contributed by atoms with Gasteiger partial charge in [0.1, 0.15) is 6.04 Å². The molecule has 2 amide bonds. The largest absolute Gasteiger partial charge is 0.478 e. The van der Waals surface area contributed by atoms with Crippen LogP contribution in [0.15, 0.2) is 11.6 Å². The van der Waals surface area contributed by atoms with Gasteiger partial charge >= 0.3 is 5.97 Å². The van der Waals surface area contributed by atoms with E-state index >= 15 is 0 Å². The monoisotopic (exact) mass is 326 g/mol. The molecule has 0 aliphatic rings. The summed E-state index contributed by atoms with van der Waals surface area (Å²) in [6, 6.07) is -0.655. The van der Waals surface area contributed by atoms with Gasteiger partial charge in [-0.05, 0) is 18.3 Å². The molecule has 1 atom stereocenters. The number of hydrogen-bond acceptors (Lipinski definition) is 3. The number of nitrogens with zero attached hydrogens (tertiary/aromatic N) is 1. The predicted molar refractivity (Wildman–Crippen MR) is 89.9 cm³/mol. The molecule has 23 heavy (non-hydrogen) atoms. The number of amides is 2. The quantitative estimate of drug-likeness (QED) is 0.701. The minimum absolute atomic E-state index is 0.154. The van der Waals surface area contributed by atoms with Gasteiger partial charge in [-0.25, -0.2) is 4.79 Å². The molecule has 0 saturated carbocycles. The highest BCUT2D eigenvalue weighted by Crippen LogP contribution is 2.21. The van der Waals surface area contributed by atoms with E-state index in [1.165, 1.54) is 17.9 Å². The summed E-state index contributed by atoms with van der Waals surface area (Å²) < 4.78 is 0. The Labute approximate surface area is 138 Å². The lowest BCUT2D eigenvalue weighted by molar-refractivity contribution is -0.138. The maximum atomic E-state index is 12.6. The lowest BCUT2D eigenvalue weighted by atomic mass is 9.85. The van der Waals surface area contributed by atoms with E-state index < -0.39 is 17.4 Å². The van der Waals surface area contributed by atoms with Crippen molar-refractivity contribution in [3.8, 4) is 0 Å². The van der Waals surface area contributed by atoms with E-state index in [4.69, 9.17) is 5.11 Å². The van der Waals surface area contributed by atoms with E-state index in [0.29, 0.717) is 6.42 Å². The SMILES string of the molecule is C/C(=C\CN(C)C(=O)C(NC(=O)CC(C)C)C(C)(C)C)C(=O)O. The van der Waals surface area contributed by atoms with Gasteiger partial charge in [0.25, 0.3) is 0 Å². The molecule has 0 fully saturated rings. The molecule has 0 radical (unpaired) electrons. The molecule has 0 heterocycles. The first-order valence-corrected chi connectivity index (χ1v) is 7.80. The molecule has 0 rings (SSSR count). The number of carbonyl (C=O) groups excluding carboxylic acids is 2. The molecule has 6 nitrogen and oxygen atoms in total. The second kappa shape index (κ2) is 8.70. The summed E-state index contributed by atoms with van der Waals surface area (Å²) in [7, 11) is 1.60. The Kier molecular flexibility index (Phi) is 8.00. The zero-order valence-corrected chi connectivity index (χ0v) is 15.3. The van der Waals surface area contributed by atoms with Gasteiger partial charge in [0.15, 0.2) is 0 Å². The van der Waals surface area contributed by atoms with Gasteiger partial charge in [0.05, 0.1) is 0 Å². The number of rotatable bonds is 7. The molecular formula is C17H30N2O4. The van der Waals surface area contributed by atoms with Gasteiger partial charge < -0.3 is 15.3 Å². The zero-order valence-electron chi connectivity index (χ0n) is 15.3. The second-order valence-electron chi connectivity index (χ2n) is 7.38. The van der Waals surface area contributed by atoms with Gasteiger partial charge in [-0.3, -0.25) is 9.59 Å². The summed E-state index contributed by atoms with van der Waals surface area (Å²) in [6.07, 6.45) is 1.84. The lowest BCUT2D eigenvalue weighted by Crippen LogP contribution is -2.54. The Hall–Kier alpha value is -1.85. The minimum Gasteiger partial charge on any atom is -0.478 e. The van der Waals surface area contributed by atoms with Crippen LogP contribution < -0.4 is 5.32 Å². The molecule has 0 aliphatic heterocycles. The first kappa shape index (κ1) is 21.1. The number of nitrogens with one attached hydrogen (secondary N) is 1. The molecule has 0 spiro atoms. The molecule has 2 N–H and O–H groups in total. The van der Waals surface area contributed by atoms with Crippen LogP contribution in [0.1, 0.15) is 48.0 Å².